The van der Waals surface area contributed by atoms with Gasteiger partial charge in [0.1, 0.15) is 30.2 Å². The number of carbonyl (C=O) groups excluding carboxylic acids is 1. The SMILES string of the molecule is Cc1ccc(CCCCC(=O)N(C)C[C@@H](O)[C@H](O)[C@@H](O)[C@@H](O)CO)cc1CNC1(c2cnccc2-c2ccccc2OC2CC2)CC1. The fraction of sp³-hybridized carbons (Fsp3) is 0.514. The number of nitrogens with one attached hydrogen (secondary N) is 1. The number of pyridine rings is 1. The molecule has 0 saturated heterocycles. The largest absolute Gasteiger partial charge is 0.490 e. The van der Waals surface area contributed by atoms with Gasteiger partial charge in [-0.05, 0) is 91.8 Å². The summed E-state index contributed by atoms with van der Waals surface area (Å²) in [6.07, 6.45) is 4.61. The van der Waals surface area contributed by atoms with Crippen LogP contribution < -0.4 is 10.1 Å². The van der Waals surface area contributed by atoms with Crippen molar-refractivity contribution in [2.75, 3.05) is 20.2 Å². The molecule has 2 saturated carbocycles. The van der Waals surface area contributed by atoms with Crippen LogP contribution in [0.4, 0.5) is 0 Å². The van der Waals surface area contributed by atoms with E-state index in [1.54, 1.807) is 0 Å². The van der Waals surface area contributed by atoms with Crippen LogP contribution in [0, 0.1) is 6.92 Å². The zero-order valence-electron chi connectivity index (χ0n) is 27.4. The second-order valence-electron chi connectivity index (χ2n) is 13.2. The standard InChI is InChI=1S/C37H49N3O7/c1-24-11-12-25(7-3-6-10-34(44)40(2)22-31(42)35(45)36(46)32(43)23-41)19-26(24)20-39-37(16-17-37)30-21-38-18-15-28(30)29-8-4-5-9-33(29)47-27-13-14-27/h4-5,8-9,11-12,15,18-19,21,27,31-32,35-36,39,41-43,45-46H,3,6-7,10,13-14,16-17,20,22-23H2,1-2H3/t31-,32+,35+,36+/m1/s1. The number of para-hydroxylation sites is 1. The Morgan fingerprint density at radius 1 is 1.02 bits per heavy atom. The van der Waals surface area contributed by atoms with Gasteiger partial charge in [-0.1, -0.05) is 36.4 Å². The lowest BCUT2D eigenvalue weighted by molar-refractivity contribution is -0.138. The molecule has 2 fully saturated rings. The summed E-state index contributed by atoms with van der Waals surface area (Å²) in [5.41, 5.74) is 7.02. The van der Waals surface area contributed by atoms with Gasteiger partial charge in [0.2, 0.25) is 5.91 Å². The van der Waals surface area contributed by atoms with Gasteiger partial charge in [0, 0.05) is 50.1 Å². The van der Waals surface area contributed by atoms with Crippen LogP contribution in [0.1, 0.15) is 67.2 Å². The number of aromatic nitrogens is 1. The molecule has 2 aliphatic rings. The molecule has 0 bridgehead atoms. The fourth-order valence-electron chi connectivity index (χ4n) is 6.02. The van der Waals surface area contributed by atoms with Crippen molar-refractivity contribution in [1.29, 1.82) is 0 Å². The molecule has 1 amide bonds. The van der Waals surface area contributed by atoms with Gasteiger partial charge < -0.3 is 40.5 Å². The van der Waals surface area contributed by atoms with Crippen LogP contribution in [-0.2, 0) is 23.3 Å². The van der Waals surface area contributed by atoms with E-state index in [2.05, 4.69) is 59.7 Å². The van der Waals surface area contributed by atoms with Gasteiger partial charge >= 0.3 is 0 Å². The summed E-state index contributed by atoms with van der Waals surface area (Å²) in [6.45, 7) is 1.91. The van der Waals surface area contributed by atoms with E-state index in [9.17, 15) is 25.2 Å². The topological polar surface area (TPSA) is 156 Å². The number of aryl methyl sites for hydroxylation is 2. The number of hydrogen-bond donors (Lipinski definition) is 6. The number of rotatable bonds is 18. The first-order valence-electron chi connectivity index (χ1n) is 16.7. The number of carbonyl (C=O) groups is 1. The highest BCUT2D eigenvalue weighted by Crippen LogP contribution is 2.50. The third kappa shape index (κ3) is 8.95. The van der Waals surface area contributed by atoms with Crippen LogP contribution in [0.5, 0.6) is 5.75 Å². The average molecular weight is 648 g/mol. The van der Waals surface area contributed by atoms with Crippen LogP contribution in [0.2, 0.25) is 0 Å². The minimum atomic E-state index is -1.72. The molecule has 0 unspecified atom stereocenters. The van der Waals surface area contributed by atoms with Crippen molar-refractivity contribution in [2.24, 2.45) is 0 Å². The number of amides is 1. The maximum Gasteiger partial charge on any atom is 0.222 e. The number of aliphatic hydroxyl groups excluding tert-OH is 5. The van der Waals surface area contributed by atoms with E-state index in [1.807, 2.05) is 18.5 Å². The molecule has 4 atom stereocenters. The van der Waals surface area contributed by atoms with E-state index in [1.165, 1.54) is 34.2 Å². The van der Waals surface area contributed by atoms with Crippen molar-refractivity contribution < 1.29 is 35.1 Å². The third-order valence-corrected chi connectivity index (χ3v) is 9.43. The summed E-state index contributed by atoms with van der Waals surface area (Å²) in [5.74, 6) is 0.745. The molecule has 47 heavy (non-hydrogen) atoms. The van der Waals surface area contributed by atoms with Crippen molar-refractivity contribution in [3.8, 4) is 16.9 Å². The lowest BCUT2D eigenvalue weighted by atomic mass is 9.94. The summed E-state index contributed by atoms with van der Waals surface area (Å²) in [5, 5.41) is 52.3. The van der Waals surface area contributed by atoms with Gasteiger partial charge in [0.15, 0.2) is 0 Å². The Morgan fingerprint density at radius 3 is 2.49 bits per heavy atom. The molecule has 6 N–H and O–H groups in total. The average Bonchev–Trinajstić information content (AvgIpc) is 4.03. The molecule has 0 radical (unpaired) electrons. The second-order valence-corrected chi connectivity index (χ2v) is 13.2. The van der Waals surface area contributed by atoms with E-state index < -0.39 is 31.0 Å². The molecule has 1 aromatic heterocycles. The summed E-state index contributed by atoms with van der Waals surface area (Å²) in [7, 11) is 1.52. The Bertz CT molecular complexity index is 1490. The molecule has 0 spiro atoms. The van der Waals surface area contributed by atoms with E-state index in [0.29, 0.717) is 12.5 Å². The van der Waals surface area contributed by atoms with E-state index >= 15 is 0 Å². The van der Waals surface area contributed by atoms with Crippen molar-refractivity contribution in [2.45, 2.75) is 101 Å². The Kier molecular flexibility index (Phi) is 11.7. The smallest absolute Gasteiger partial charge is 0.222 e. The van der Waals surface area contributed by atoms with Crippen LogP contribution in [0.15, 0.2) is 60.9 Å². The van der Waals surface area contributed by atoms with E-state index in [0.717, 1.165) is 61.9 Å². The maximum absolute atomic E-state index is 12.6. The first-order valence-corrected chi connectivity index (χ1v) is 16.7. The monoisotopic (exact) mass is 647 g/mol. The van der Waals surface area contributed by atoms with Gasteiger partial charge in [-0.15, -0.1) is 0 Å². The zero-order valence-corrected chi connectivity index (χ0v) is 27.4. The van der Waals surface area contributed by atoms with Crippen molar-refractivity contribution >= 4 is 5.91 Å². The number of nitrogens with zero attached hydrogens (tertiary/aromatic N) is 2. The molecule has 2 aliphatic carbocycles. The van der Waals surface area contributed by atoms with Crippen LogP contribution in [0.3, 0.4) is 0 Å². The van der Waals surface area contributed by atoms with Gasteiger partial charge in [0.25, 0.3) is 0 Å². The van der Waals surface area contributed by atoms with Crippen molar-refractivity contribution in [1.82, 2.24) is 15.2 Å². The normalized spacial score (nSPS) is 17.9. The number of benzene rings is 2. The van der Waals surface area contributed by atoms with E-state index in [4.69, 9.17) is 9.84 Å². The lowest BCUT2D eigenvalue weighted by Gasteiger charge is -2.28. The molecule has 0 aliphatic heterocycles. The maximum atomic E-state index is 12.6. The number of likely N-dealkylation sites (N-methyl/N-ethyl adjacent to an activating group) is 1. The second kappa shape index (κ2) is 15.7. The quantitative estimate of drug-likeness (QED) is 0.114. The molecule has 5 rings (SSSR count). The Morgan fingerprint density at radius 2 is 1.77 bits per heavy atom. The molecule has 3 aromatic rings. The van der Waals surface area contributed by atoms with Crippen molar-refractivity contribution in [3.63, 3.8) is 0 Å². The molecule has 1 heterocycles. The molecule has 10 nitrogen and oxygen atoms in total. The van der Waals surface area contributed by atoms with Crippen LogP contribution in [0.25, 0.3) is 11.1 Å². The molecular weight excluding hydrogens is 598 g/mol. The number of aliphatic hydroxyl groups is 5. The minimum Gasteiger partial charge on any atom is -0.490 e. The minimum absolute atomic E-state index is 0.133. The summed E-state index contributed by atoms with van der Waals surface area (Å²) >= 11 is 0. The predicted octanol–water partition coefficient (Wildman–Crippen LogP) is 2.98. The highest BCUT2D eigenvalue weighted by atomic mass is 16.5. The molecule has 10 heteroatoms. The predicted molar refractivity (Wildman–Crippen MR) is 179 cm³/mol. The number of ether oxygens (including phenoxy) is 1. The first-order chi connectivity index (χ1) is 22.6. The fourth-order valence-corrected chi connectivity index (χ4v) is 6.02. The molecular formula is C37H49N3O7. The van der Waals surface area contributed by atoms with Gasteiger partial charge in [-0.2, -0.15) is 0 Å². The lowest BCUT2D eigenvalue weighted by Crippen LogP contribution is -2.49. The van der Waals surface area contributed by atoms with Crippen LogP contribution >= 0.6 is 0 Å². The van der Waals surface area contributed by atoms with Gasteiger partial charge in [0.05, 0.1) is 12.7 Å². The number of unbranched alkanes of at least 4 members (excludes halogenated alkanes) is 1. The Hall–Kier alpha value is -3.38. The highest BCUT2D eigenvalue weighted by molar-refractivity contribution is 5.76. The Balaban J connectivity index is 1.13. The third-order valence-electron chi connectivity index (χ3n) is 9.43. The van der Waals surface area contributed by atoms with Crippen LogP contribution in [-0.4, -0.2) is 92.0 Å². The van der Waals surface area contributed by atoms with Gasteiger partial charge in [-0.3, -0.25) is 9.78 Å². The zero-order chi connectivity index (χ0) is 33.6. The summed E-state index contributed by atoms with van der Waals surface area (Å²) < 4.78 is 6.26. The van der Waals surface area contributed by atoms with Gasteiger partial charge in [-0.25, -0.2) is 0 Å². The summed E-state index contributed by atoms with van der Waals surface area (Å²) in [4.78, 5) is 18.4. The molecule has 2 aromatic carbocycles. The van der Waals surface area contributed by atoms with E-state index in [-0.39, 0.29) is 24.4 Å². The first kappa shape index (κ1) is 34.9. The van der Waals surface area contributed by atoms with Crippen molar-refractivity contribution in [3.05, 3.63) is 83.2 Å². The Labute approximate surface area is 277 Å². The molecule has 254 valence electrons. The summed E-state index contributed by atoms with van der Waals surface area (Å²) in [6, 6.07) is 16.9. The number of hydrogen-bond acceptors (Lipinski definition) is 9. The highest BCUT2D eigenvalue weighted by Gasteiger charge is 2.46.